The monoisotopic (exact) mass is 346 g/mol. The van der Waals surface area contributed by atoms with Gasteiger partial charge in [0.15, 0.2) is 6.23 Å². The summed E-state index contributed by atoms with van der Waals surface area (Å²) in [6.45, 7) is 2.45. The van der Waals surface area contributed by atoms with Crippen LogP contribution in [-0.4, -0.2) is 59.5 Å². The van der Waals surface area contributed by atoms with Gasteiger partial charge in [0.05, 0.1) is 12.6 Å². The number of rotatable bonds is 3. The Balaban J connectivity index is 1.69. The minimum absolute atomic E-state index is 0.142. The molecule has 134 valence electrons. The van der Waals surface area contributed by atoms with E-state index in [-0.39, 0.29) is 19.1 Å². The molecule has 0 saturated carbocycles. The number of hydrogen-bond acceptors (Lipinski definition) is 5. The molecule has 25 heavy (non-hydrogen) atoms. The Labute approximate surface area is 146 Å². The molecule has 2 fully saturated rings. The van der Waals surface area contributed by atoms with Crippen LogP contribution in [0.1, 0.15) is 25.3 Å². The number of fused-ring (bicyclic) bond motifs is 1. The summed E-state index contributed by atoms with van der Waals surface area (Å²) in [6, 6.07) is 8.16. The summed E-state index contributed by atoms with van der Waals surface area (Å²) in [5, 5.41) is 0. The molecule has 2 aliphatic rings. The topological polar surface area (TPSA) is 76.2 Å². The molecule has 1 aromatic carbocycles. The molecule has 3 rings (SSSR count). The van der Waals surface area contributed by atoms with E-state index in [1.54, 1.807) is 6.92 Å². The number of piperazine rings is 1. The Kier molecular flexibility index (Phi) is 5.33. The molecule has 2 aliphatic heterocycles. The molecule has 0 aliphatic carbocycles. The van der Waals surface area contributed by atoms with E-state index >= 15 is 0 Å². The average molecular weight is 346 g/mol. The van der Waals surface area contributed by atoms with E-state index in [1.165, 1.54) is 9.80 Å². The van der Waals surface area contributed by atoms with Crippen molar-refractivity contribution in [3.05, 3.63) is 35.9 Å². The summed E-state index contributed by atoms with van der Waals surface area (Å²) in [6.07, 6.45) is 0.911. The Morgan fingerprint density at radius 3 is 2.84 bits per heavy atom. The van der Waals surface area contributed by atoms with E-state index in [0.717, 1.165) is 11.8 Å². The van der Waals surface area contributed by atoms with Gasteiger partial charge in [-0.1, -0.05) is 30.3 Å². The third-order valence-electron chi connectivity index (χ3n) is 4.65. The fourth-order valence-electron chi connectivity index (χ4n) is 3.23. The van der Waals surface area contributed by atoms with Crippen LogP contribution in [0.5, 0.6) is 0 Å². The van der Waals surface area contributed by atoms with Crippen LogP contribution >= 0.6 is 0 Å². The Bertz CT molecular complexity index is 636. The molecule has 7 nitrogen and oxygen atoms in total. The number of benzene rings is 1. The number of ether oxygens (including phenoxy) is 2. The molecule has 2 heterocycles. The Morgan fingerprint density at radius 1 is 1.36 bits per heavy atom. The van der Waals surface area contributed by atoms with Crippen LogP contribution in [0.2, 0.25) is 0 Å². The van der Waals surface area contributed by atoms with E-state index in [9.17, 15) is 14.4 Å². The maximum Gasteiger partial charge on any atom is 0.410 e. The predicted molar refractivity (Wildman–Crippen MR) is 88.5 cm³/mol. The largest absolute Gasteiger partial charge is 0.445 e. The van der Waals surface area contributed by atoms with E-state index in [1.807, 2.05) is 30.3 Å². The lowest BCUT2D eigenvalue weighted by Crippen LogP contribution is -2.64. The van der Waals surface area contributed by atoms with Gasteiger partial charge < -0.3 is 19.2 Å². The van der Waals surface area contributed by atoms with Gasteiger partial charge in [0.2, 0.25) is 5.91 Å². The second-order valence-electron chi connectivity index (χ2n) is 6.29. The normalized spacial score (nSPS) is 26.6. The lowest BCUT2D eigenvalue weighted by atomic mass is 10.1. The van der Waals surface area contributed by atoms with E-state index in [2.05, 4.69) is 0 Å². The second-order valence-corrected chi connectivity index (χ2v) is 6.29. The molecule has 0 bridgehead atoms. The van der Waals surface area contributed by atoms with Gasteiger partial charge in [-0.15, -0.1) is 0 Å². The number of carbonyl (C=O) groups is 3. The van der Waals surface area contributed by atoms with E-state index in [0.29, 0.717) is 19.4 Å². The van der Waals surface area contributed by atoms with Gasteiger partial charge >= 0.3 is 6.09 Å². The van der Waals surface area contributed by atoms with Crippen LogP contribution in [0.3, 0.4) is 0 Å². The third kappa shape index (κ3) is 3.66. The molecule has 1 aromatic rings. The zero-order valence-electron chi connectivity index (χ0n) is 14.2. The van der Waals surface area contributed by atoms with Gasteiger partial charge in [-0.05, 0) is 25.3 Å². The summed E-state index contributed by atoms with van der Waals surface area (Å²) in [5.74, 6) is -0.285. The zero-order valence-corrected chi connectivity index (χ0v) is 14.2. The highest BCUT2D eigenvalue weighted by Crippen LogP contribution is 2.25. The van der Waals surface area contributed by atoms with Crippen molar-refractivity contribution >= 4 is 18.3 Å². The van der Waals surface area contributed by atoms with Crippen LogP contribution in [0, 0.1) is 0 Å². The smallest absolute Gasteiger partial charge is 0.410 e. The van der Waals surface area contributed by atoms with Crippen LogP contribution in [0.15, 0.2) is 30.3 Å². The zero-order chi connectivity index (χ0) is 17.8. The highest BCUT2D eigenvalue weighted by atomic mass is 16.6. The fraction of sp³-hybridized carbons (Fsp3) is 0.500. The molecule has 7 heteroatoms. The predicted octanol–water partition coefficient (Wildman–Crippen LogP) is 1.56. The quantitative estimate of drug-likeness (QED) is 0.777. The first-order chi connectivity index (χ1) is 12.1. The molecule has 0 N–H and O–H groups in total. The molecule has 0 spiro atoms. The molecule has 2 amide bonds. The van der Waals surface area contributed by atoms with Crippen LogP contribution in [-0.2, 0) is 25.7 Å². The first-order valence-corrected chi connectivity index (χ1v) is 8.48. The number of amides is 2. The lowest BCUT2D eigenvalue weighted by molar-refractivity contribution is -0.167. The molecule has 1 unspecified atom stereocenters. The summed E-state index contributed by atoms with van der Waals surface area (Å²) in [4.78, 5) is 39.3. The van der Waals surface area contributed by atoms with Gasteiger partial charge in [0.1, 0.15) is 18.9 Å². The third-order valence-corrected chi connectivity index (χ3v) is 4.65. The van der Waals surface area contributed by atoms with Crippen LogP contribution < -0.4 is 0 Å². The van der Waals surface area contributed by atoms with Crippen molar-refractivity contribution in [2.24, 2.45) is 0 Å². The fourth-order valence-corrected chi connectivity index (χ4v) is 3.23. The van der Waals surface area contributed by atoms with Crippen molar-refractivity contribution in [1.82, 2.24) is 9.80 Å². The molecule has 0 radical (unpaired) electrons. The Hall–Kier alpha value is -2.41. The number of carbonyl (C=O) groups excluding carboxylic acids is 3. The van der Waals surface area contributed by atoms with E-state index < -0.39 is 24.4 Å². The maximum absolute atomic E-state index is 12.7. The Morgan fingerprint density at radius 2 is 2.12 bits per heavy atom. The van der Waals surface area contributed by atoms with Crippen molar-refractivity contribution in [2.45, 2.75) is 44.7 Å². The van der Waals surface area contributed by atoms with Crippen molar-refractivity contribution in [2.75, 3.05) is 13.2 Å². The summed E-state index contributed by atoms with van der Waals surface area (Å²) in [7, 11) is 0. The van der Waals surface area contributed by atoms with Gasteiger partial charge in [-0.25, -0.2) is 4.79 Å². The van der Waals surface area contributed by atoms with Crippen LogP contribution in [0.4, 0.5) is 4.79 Å². The van der Waals surface area contributed by atoms with E-state index in [4.69, 9.17) is 9.47 Å². The summed E-state index contributed by atoms with van der Waals surface area (Å²) >= 11 is 0. The highest BCUT2D eigenvalue weighted by molar-refractivity contribution is 5.88. The maximum atomic E-state index is 12.7. The standard InChI is InChI=1S/C18H22N2O5/c1-13-17(22)20-15(11-21)8-5-9-24-16(20)10-19(13)18(23)25-12-14-6-3-2-4-7-14/h2-4,6-7,11,13,15-16H,5,8-10,12H2,1H3/t13-,15-,16?/m0/s1. The lowest BCUT2D eigenvalue weighted by Gasteiger charge is -2.44. The SMILES string of the molecule is C[C@H]1C(=O)N2C(CN1C(=O)OCc1ccccc1)OCCC[C@H]2C=O. The molecule has 2 saturated heterocycles. The molecular formula is C18H22N2O5. The molecule has 0 aromatic heterocycles. The number of hydrogen-bond donors (Lipinski definition) is 0. The minimum atomic E-state index is -0.691. The van der Waals surface area contributed by atoms with Crippen molar-refractivity contribution < 1.29 is 23.9 Å². The van der Waals surface area contributed by atoms with Gasteiger partial charge in [-0.3, -0.25) is 9.69 Å². The number of nitrogens with zero attached hydrogens (tertiary/aromatic N) is 2. The molecule has 3 atom stereocenters. The first kappa shape index (κ1) is 17.4. The van der Waals surface area contributed by atoms with Crippen molar-refractivity contribution in [3.8, 4) is 0 Å². The molecular weight excluding hydrogens is 324 g/mol. The minimum Gasteiger partial charge on any atom is -0.445 e. The van der Waals surface area contributed by atoms with Gasteiger partial charge in [0, 0.05) is 6.61 Å². The van der Waals surface area contributed by atoms with Crippen molar-refractivity contribution in [3.63, 3.8) is 0 Å². The first-order valence-electron chi connectivity index (χ1n) is 8.48. The highest BCUT2D eigenvalue weighted by Gasteiger charge is 2.45. The van der Waals surface area contributed by atoms with Crippen molar-refractivity contribution in [1.29, 1.82) is 0 Å². The average Bonchev–Trinajstić information content (AvgIpc) is 2.85. The van der Waals surface area contributed by atoms with Gasteiger partial charge in [0.25, 0.3) is 0 Å². The second kappa shape index (κ2) is 7.65. The number of aldehydes is 1. The van der Waals surface area contributed by atoms with Crippen LogP contribution in [0.25, 0.3) is 0 Å². The summed E-state index contributed by atoms with van der Waals surface area (Å²) < 4.78 is 11.0. The van der Waals surface area contributed by atoms with Gasteiger partial charge in [-0.2, -0.15) is 0 Å². The summed E-state index contributed by atoms with van der Waals surface area (Å²) in [5.41, 5.74) is 0.875.